The summed E-state index contributed by atoms with van der Waals surface area (Å²) in [5.74, 6) is -14.4. The molecule has 0 saturated carbocycles. The third-order valence-corrected chi connectivity index (χ3v) is 3.34. The third kappa shape index (κ3) is 1.57. The molecule has 0 bridgehead atoms. The number of phenolic OH excluding ortho intramolecular Hbond substituents is 2. The van der Waals surface area contributed by atoms with E-state index in [-0.39, 0.29) is 0 Å². The van der Waals surface area contributed by atoms with Crippen LogP contribution in [0.25, 0.3) is 21.5 Å². The van der Waals surface area contributed by atoms with Gasteiger partial charge in [-0.1, -0.05) is 6.07 Å². The lowest BCUT2D eigenvalue weighted by Gasteiger charge is -2.12. The Morgan fingerprint density at radius 1 is 0.500 bits per heavy atom. The second-order valence-electron chi connectivity index (χ2n) is 4.49. The van der Waals surface area contributed by atoms with Gasteiger partial charge < -0.3 is 10.2 Å². The third-order valence-electron chi connectivity index (χ3n) is 3.34. The van der Waals surface area contributed by atoms with E-state index in [1.807, 2.05) is 0 Å². The number of rotatable bonds is 0. The first-order valence-corrected chi connectivity index (χ1v) is 5.74. The molecule has 0 aromatic heterocycles. The lowest BCUT2D eigenvalue weighted by Crippen LogP contribution is -1.98. The Kier molecular flexibility index (Phi) is 2.88. The molecule has 3 rings (SSSR count). The first-order valence-electron chi connectivity index (χ1n) is 5.74. The number of aromatic hydroxyl groups is 2. The second kappa shape index (κ2) is 4.43. The van der Waals surface area contributed by atoms with E-state index in [1.165, 1.54) is 0 Å². The molecule has 2 N–H and O–H groups in total. The molecule has 0 fully saturated rings. The van der Waals surface area contributed by atoms with Crippen LogP contribution in [0, 0.1) is 34.9 Å². The Hall–Kier alpha value is -2.64. The van der Waals surface area contributed by atoms with E-state index in [0.29, 0.717) is 0 Å². The summed E-state index contributed by atoms with van der Waals surface area (Å²) in [6.45, 7) is 0. The average Bonchev–Trinajstić information content (AvgIpc) is 2.52. The Labute approximate surface area is 117 Å². The summed E-state index contributed by atoms with van der Waals surface area (Å²) in [6, 6.07) is 1.56. The predicted molar refractivity (Wildman–Crippen MR) is 64.5 cm³/mol. The zero-order chi connectivity index (χ0) is 16.3. The normalized spacial score (nSPS) is 11.5. The van der Waals surface area contributed by atoms with Crippen molar-refractivity contribution >= 4 is 21.5 Å². The molecule has 2 nitrogen and oxygen atoms in total. The highest BCUT2D eigenvalue weighted by Crippen LogP contribution is 2.42. The van der Waals surface area contributed by atoms with E-state index in [9.17, 15) is 36.6 Å². The molecule has 3 aromatic carbocycles. The summed E-state index contributed by atoms with van der Waals surface area (Å²) in [7, 11) is 0. The van der Waals surface area contributed by atoms with Gasteiger partial charge in [0, 0.05) is 21.5 Å². The highest BCUT2D eigenvalue weighted by Gasteiger charge is 2.27. The second-order valence-corrected chi connectivity index (χ2v) is 4.49. The number of benzene rings is 3. The number of hydrogen-bond acceptors (Lipinski definition) is 2. The van der Waals surface area contributed by atoms with E-state index in [0.717, 1.165) is 12.1 Å². The number of phenols is 2. The summed E-state index contributed by atoms with van der Waals surface area (Å²) in [5, 5.41) is 15.8. The molecule has 0 radical (unpaired) electrons. The van der Waals surface area contributed by atoms with Gasteiger partial charge in [0.1, 0.15) is 0 Å². The largest absolute Gasteiger partial charge is 0.504 e. The van der Waals surface area contributed by atoms with Crippen LogP contribution in [-0.2, 0) is 0 Å². The maximum absolute atomic E-state index is 13.9. The van der Waals surface area contributed by atoms with Crippen molar-refractivity contribution < 1.29 is 36.6 Å². The van der Waals surface area contributed by atoms with Crippen LogP contribution in [0.4, 0.5) is 26.3 Å². The van der Waals surface area contributed by atoms with Crippen molar-refractivity contribution in [1.29, 1.82) is 0 Å². The Morgan fingerprint density at radius 2 is 1.00 bits per heavy atom. The van der Waals surface area contributed by atoms with Gasteiger partial charge in [0.2, 0.25) is 11.6 Å². The maximum Gasteiger partial charge on any atom is 0.204 e. The zero-order valence-electron chi connectivity index (χ0n) is 10.3. The van der Waals surface area contributed by atoms with Crippen LogP contribution in [0.5, 0.6) is 11.5 Å². The van der Waals surface area contributed by atoms with Gasteiger partial charge in [0.25, 0.3) is 0 Å². The van der Waals surface area contributed by atoms with E-state index in [1.54, 1.807) is 0 Å². The topological polar surface area (TPSA) is 40.5 Å². The molecule has 0 atom stereocenters. The van der Waals surface area contributed by atoms with Gasteiger partial charge in [-0.2, -0.15) is 8.78 Å². The van der Waals surface area contributed by atoms with Crippen LogP contribution < -0.4 is 0 Å². The molecule has 3 aromatic rings. The zero-order valence-corrected chi connectivity index (χ0v) is 10.3. The molecular formula is C14H4F6O2. The van der Waals surface area contributed by atoms with E-state index in [4.69, 9.17) is 0 Å². The van der Waals surface area contributed by atoms with E-state index < -0.39 is 67.9 Å². The number of fused-ring (bicyclic) bond motifs is 3. The first-order chi connectivity index (χ1) is 10.3. The monoisotopic (exact) mass is 318 g/mol. The highest BCUT2D eigenvalue weighted by atomic mass is 19.2. The lowest BCUT2D eigenvalue weighted by atomic mass is 9.98. The van der Waals surface area contributed by atoms with Crippen molar-refractivity contribution in [1.82, 2.24) is 0 Å². The van der Waals surface area contributed by atoms with Gasteiger partial charge in [-0.05, 0) is 6.07 Å². The smallest absolute Gasteiger partial charge is 0.204 e. The molecule has 0 aliphatic rings. The molecule has 0 saturated heterocycles. The van der Waals surface area contributed by atoms with Crippen molar-refractivity contribution in [2.75, 3.05) is 0 Å². The Morgan fingerprint density at radius 3 is 1.64 bits per heavy atom. The van der Waals surface area contributed by atoms with Crippen molar-refractivity contribution in [3.05, 3.63) is 47.0 Å². The molecule has 0 spiro atoms. The van der Waals surface area contributed by atoms with Crippen molar-refractivity contribution in [3.63, 3.8) is 0 Å². The fourth-order valence-electron chi connectivity index (χ4n) is 2.31. The number of halogens is 6. The summed E-state index contributed by atoms with van der Waals surface area (Å²) in [4.78, 5) is 0. The molecule has 0 aliphatic heterocycles. The summed E-state index contributed by atoms with van der Waals surface area (Å²) < 4.78 is 81.1. The average molecular weight is 318 g/mol. The standard InChI is InChI=1S/C14H4F6O2/c15-7-3-1-2-4-5(6(3)14(22)12(20)9(7)17)8(16)10(18)11(19)13(4)21/h1-2,21-22H. The van der Waals surface area contributed by atoms with Crippen LogP contribution in [0.1, 0.15) is 0 Å². The molecule has 0 heterocycles. The minimum atomic E-state index is -2.10. The van der Waals surface area contributed by atoms with Gasteiger partial charge in [0.15, 0.2) is 34.8 Å². The van der Waals surface area contributed by atoms with Crippen LogP contribution >= 0.6 is 0 Å². The van der Waals surface area contributed by atoms with Crippen molar-refractivity contribution in [2.24, 2.45) is 0 Å². The lowest BCUT2D eigenvalue weighted by molar-refractivity contribution is 0.392. The summed E-state index contributed by atoms with van der Waals surface area (Å²) >= 11 is 0. The highest BCUT2D eigenvalue weighted by molar-refractivity contribution is 6.12. The molecule has 22 heavy (non-hydrogen) atoms. The minimum Gasteiger partial charge on any atom is -0.504 e. The minimum absolute atomic E-state index is 0.635. The first kappa shape index (κ1) is 14.3. The molecule has 0 unspecified atom stereocenters. The fourth-order valence-corrected chi connectivity index (χ4v) is 2.31. The molecule has 114 valence electrons. The fraction of sp³-hybridized carbons (Fsp3) is 0. The predicted octanol–water partition coefficient (Wildman–Crippen LogP) is 4.24. The van der Waals surface area contributed by atoms with Crippen LogP contribution in [0.3, 0.4) is 0 Å². The maximum atomic E-state index is 13.9. The molecule has 8 heteroatoms. The van der Waals surface area contributed by atoms with Gasteiger partial charge in [0.05, 0.1) is 0 Å². The van der Waals surface area contributed by atoms with Crippen LogP contribution in [-0.4, -0.2) is 10.2 Å². The van der Waals surface area contributed by atoms with Crippen LogP contribution in [0.2, 0.25) is 0 Å². The Balaban J connectivity index is 2.74. The summed E-state index contributed by atoms with van der Waals surface area (Å²) in [6.07, 6.45) is 0. The number of hydrogen-bond donors (Lipinski definition) is 2. The van der Waals surface area contributed by atoms with Crippen molar-refractivity contribution in [2.45, 2.75) is 0 Å². The van der Waals surface area contributed by atoms with Gasteiger partial charge in [-0.25, -0.2) is 17.6 Å². The SMILES string of the molecule is Oc1c(F)c(F)c(F)c2c1ccc1c(F)c(F)c(F)c(O)c12. The molecule has 0 aliphatic carbocycles. The summed E-state index contributed by atoms with van der Waals surface area (Å²) in [5.41, 5.74) is 0. The Bertz CT molecular complexity index is 889. The molecule has 0 amide bonds. The molecular weight excluding hydrogens is 314 g/mol. The van der Waals surface area contributed by atoms with E-state index >= 15 is 0 Å². The van der Waals surface area contributed by atoms with Gasteiger partial charge in [-0.3, -0.25) is 0 Å². The van der Waals surface area contributed by atoms with Gasteiger partial charge >= 0.3 is 0 Å². The van der Waals surface area contributed by atoms with E-state index in [2.05, 4.69) is 0 Å². The van der Waals surface area contributed by atoms with Crippen LogP contribution in [0.15, 0.2) is 12.1 Å². The van der Waals surface area contributed by atoms with Gasteiger partial charge in [-0.15, -0.1) is 0 Å². The van der Waals surface area contributed by atoms with Crippen molar-refractivity contribution in [3.8, 4) is 11.5 Å². The quantitative estimate of drug-likeness (QED) is 0.370.